The van der Waals surface area contributed by atoms with Crippen LogP contribution in [0.15, 0.2) is 24.3 Å². The van der Waals surface area contributed by atoms with Gasteiger partial charge in [0.15, 0.2) is 0 Å². The minimum Gasteiger partial charge on any atom is -0.378 e. The predicted molar refractivity (Wildman–Crippen MR) is 116 cm³/mol. The number of likely N-dealkylation sites (tertiary alicyclic amines) is 1. The third-order valence-electron chi connectivity index (χ3n) is 5.42. The monoisotopic (exact) mass is 400 g/mol. The van der Waals surface area contributed by atoms with E-state index in [1.807, 2.05) is 0 Å². The molecule has 0 amide bonds. The molecule has 2 heterocycles. The van der Waals surface area contributed by atoms with E-state index >= 15 is 0 Å². The van der Waals surface area contributed by atoms with E-state index in [0.717, 1.165) is 51.4 Å². The highest BCUT2D eigenvalue weighted by Gasteiger charge is 2.09. The molecule has 5 nitrogen and oxygen atoms in total. The number of ether oxygens (including phenoxy) is 3. The van der Waals surface area contributed by atoms with Gasteiger partial charge in [-0.2, -0.15) is 0 Å². The number of rotatable bonds is 4. The van der Waals surface area contributed by atoms with Crippen LogP contribution in [-0.4, -0.2) is 82.2 Å². The SMILES string of the molecule is C(#Cc1cccc(CN2CCOCCOCCOCC2)c1)CCN1CCCCC1. The minimum atomic E-state index is 0.641. The van der Waals surface area contributed by atoms with E-state index in [1.165, 1.54) is 37.9 Å². The number of hydrogen-bond acceptors (Lipinski definition) is 5. The van der Waals surface area contributed by atoms with E-state index in [4.69, 9.17) is 14.2 Å². The molecule has 3 rings (SSSR count). The largest absolute Gasteiger partial charge is 0.378 e. The van der Waals surface area contributed by atoms with Gasteiger partial charge in [-0.3, -0.25) is 4.90 Å². The molecule has 2 aliphatic rings. The zero-order valence-electron chi connectivity index (χ0n) is 17.7. The van der Waals surface area contributed by atoms with Gasteiger partial charge in [-0.05, 0) is 43.6 Å². The Bertz CT molecular complexity index is 623. The third kappa shape index (κ3) is 9.29. The van der Waals surface area contributed by atoms with Gasteiger partial charge in [0.25, 0.3) is 0 Å². The van der Waals surface area contributed by atoms with Crippen LogP contribution in [0.25, 0.3) is 0 Å². The Kier molecular flexibility index (Phi) is 10.6. The quantitative estimate of drug-likeness (QED) is 0.726. The molecule has 0 atom stereocenters. The normalized spacial score (nSPS) is 20.8. The topological polar surface area (TPSA) is 34.2 Å². The van der Waals surface area contributed by atoms with Gasteiger partial charge in [0.1, 0.15) is 0 Å². The zero-order chi connectivity index (χ0) is 20.0. The molecule has 1 aromatic rings. The van der Waals surface area contributed by atoms with Crippen molar-refractivity contribution in [3.63, 3.8) is 0 Å². The Balaban J connectivity index is 1.47. The summed E-state index contributed by atoms with van der Waals surface area (Å²) < 4.78 is 16.8. The van der Waals surface area contributed by atoms with Crippen molar-refractivity contribution in [2.75, 3.05) is 72.4 Å². The Morgan fingerprint density at radius 3 is 2.17 bits per heavy atom. The van der Waals surface area contributed by atoms with Crippen molar-refractivity contribution in [1.82, 2.24) is 9.80 Å². The highest BCUT2D eigenvalue weighted by Crippen LogP contribution is 2.10. The summed E-state index contributed by atoms with van der Waals surface area (Å²) in [5, 5.41) is 0. The van der Waals surface area contributed by atoms with E-state index < -0.39 is 0 Å². The van der Waals surface area contributed by atoms with Gasteiger partial charge in [0.2, 0.25) is 0 Å². The smallest absolute Gasteiger partial charge is 0.0701 e. The lowest BCUT2D eigenvalue weighted by Gasteiger charge is -2.25. The molecule has 160 valence electrons. The van der Waals surface area contributed by atoms with E-state index in [2.05, 4.69) is 45.9 Å². The van der Waals surface area contributed by atoms with E-state index in [9.17, 15) is 0 Å². The van der Waals surface area contributed by atoms with Crippen molar-refractivity contribution in [1.29, 1.82) is 0 Å². The molecule has 0 unspecified atom stereocenters. The molecule has 2 aliphatic heterocycles. The van der Waals surface area contributed by atoms with Gasteiger partial charge in [-0.25, -0.2) is 0 Å². The van der Waals surface area contributed by atoms with Crippen molar-refractivity contribution in [3.05, 3.63) is 35.4 Å². The second kappa shape index (κ2) is 13.7. The average molecular weight is 401 g/mol. The van der Waals surface area contributed by atoms with Crippen molar-refractivity contribution < 1.29 is 14.2 Å². The van der Waals surface area contributed by atoms with Crippen LogP contribution in [0.4, 0.5) is 0 Å². The Morgan fingerprint density at radius 1 is 0.759 bits per heavy atom. The van der Waals surface area contributed by atoms with Gasteiger partial charge in [0.05, 0.1) is 39.6 Å². The molecule has 0 aliphatic carbocycles. The maximum absolute atomic E-state index is 5.68. The van der Waals surface area contributed by atoms with Gasteiger partial charge in [0, 0.05) is 38.2 Å². The third-order valence-corrected chi connectivity index (χ3v) is 5.42. The van der Waals surface area contributed by atoms with Gasteiger partial charge < -0.3 is 19.1 Å². The van der Waals surface area contributed by atoms with Gasteiger partial charge >= 0.3 is 0 Å². The van der Waals surface area contributed by atoms with E-state index in [-0.39, 0.29) is 0 Å². The molecular weight excluding hydrogens is 364 g/mol. The molecular formula is C24H36N2O3. The van der Waals surface area contributed by atoms with Crippen LogP contribution < -0.4 is 0 Å². The Hall–Kier alpha value is -1.42. The average Bonchev–Trinajstić information content (AvgIpc) is 2.74. The van der Waals surface area contributed by atoms with Crippen molar-refractivity contribution in [2.24, 2.45) is 0 Å². The van der Waals surface area contributed by atoms with Crippen LogP contribution >= 0.6 is 0 Å². The highest BCUT2D eigenvalue weighted by molar-refractivity contribution is 5.37. The van der Waals surface area contributed by atoms with Gasteiger partial charge in [-0.15, -0.1) is 0 Å². The maximum Gasteiger partial charge on any atom is 0.0701 e. The fourth-order valence-corrected chi connectivity index (χ4v) is 3.77. The first-order valence-corrected chi connectivity index (χ1v) is 11.2. The van der Waals surface area contributed by atoms with Crippen LogP contribution in [0.1, 0.15) is 36.8 Å². The number of benzene rings is 1. The summed E-state index contributed by atoms with van der Waals surface area (Å²) in [5.74, 6) is 6.73. The maximum atomic E-state index is 5.68. The number of piperidine rings is 1. The van der Waals surface area contributed by atoms with Crippen LogP contribution in [0.2, 0.25) is 0 Å². The molecule has 2 saturated heterocycles. The lowest BCUT2D eigenvalue weighted by atomic mass is 10.1. The molecule has 0 bridgehead atoms. The van der Waals surface area contributed by atoms with Gasteiger partial charge in [-0.1, -0.05) is 30.4 Å². The molecule has 0 aromatic heterocycles. The molecule has 0 radical (unpaired) electrons. The Labute approximate surface area is 176 Å². The van der Waals surface area contributed by atoms with Crippen LogP contribution in [0.5, 0.6) is 0 Å². The molecule has 0 spiro atoms. The van der Waals surface area contributed by atoms with Crippen molar-refractivity contribution in [2.45, 2.75) is 32.2 Å². The Morgan fingerprint density at radius 2 is 1.45 bits per heavy atom. The van der Waals surface area contributed by atoms with Crippen molar-refractivity contribution >= 4 is 0 Å². The zero-order valence-corrected chi connectivity index (χ0v) is 17.7. The fraction of sp³-hybridized carbons (Fsp3) is 0.667. The molecule has 29 heavy (non-hydrogen) atoms. The van der Waals surface area contributed by atoms with Crippen LogP contribution in [-0.2, 0) is 20.8 Å². The first kappa shape index (κ1) is 22.3. The summed E-state index contributed by atoms with van der Waals surface area (Å²) in [7, 11) is 0. The fourth-order valence-electron chi connectivity index (χ4n) is 3.77. The molecule has 1 aromatic carbocycles. The predicted octanol–water partition coefficient (Wildman–Crippen LogP) is 2.78. The summed E-state index contributed by atoms with van der Waals surface area (Å²) in [6, 6.07) is 8.63. The summed E-state index contributed by atoms with van der Waals surface area (Å²) in [5.41, 5.74) is 2.41. The first-order valence-electron chi connectivity index (χ1n) is 11.2. The second-order valence-electron chi connectivity index (χ2n) is 7.77. The summed E-state index contributed by atoms with van der Waals surface area (Å²) >= 11 is 0. The molecule has 2 fully saturated rings. The second-order valence-corrected chi connectivity index (χ2v) is 7.77. The van der Waals surface area contributed by atoms with E-state index in [0.29, 0.717) is 26.4 Å². The summed E-state index contributed by atoms with van der Waals surface area (Å²) in [6.07, 6.45) is 5.03. The van der Waals surface area contributed by atoms with E-state index in [1.54, 1.807) is 0 Å². The molecule has 0 N–H and O–H groups in total. The molecule has 5 heteroatoms. The van der Waals surface area contributed by atoms with Crippen LogP contribution in [0, 0.1) is 11.8 Å². The highest BCUT2D eigenvalue weighted by atomic mass is 16.5. The summed E-state index contributed by atoms with van der Waals surface area (Å²) in [6.45, 7) is 10.3. The molecule has 0 saturated carbocycles. The first-order chi connectivity index (χ1) is 14.4. The number of nitrogens with zero attached hydrogens (tertiary/aromatic N) is 2. The lowest BCUT2D eigenvalue weighted by molar-refractivity contribution is -0.00689. The number of hydrogen-bond donors (Lipinski definition) is 0. The van der Waals surface area contributed by atoms with Crippen molar-refractivity contribution in [3.8, 4) is 11.8 Å². The standard InChI is InChI=1S/C24H36N2O3/c1-3-10-25(11-4-1)12-5-2-7-23-8-6-9-24(21-23)22-26-13-15-27-17-19-29-20-18-28-16-14-26/h6,8-9,21H,1,3-5,10-20,22H2. The minimum absolute atomic E-state index is 0.641. The summed E-state index contributed by atoms with van der Waals surface area (Å²) in [4.78, 5) is 4.94. The van der Waals surface area contributed by atoms with Crippen LogP contribution in [0.3, 0.4) is 0 Å². The lowest BCUT2D eigenvalue weighted by Crippen LogP contribution is -2.31.